The number of hydrogen-bond donors (Lipinski definition) is 1. The van der Waals surface area contributed by atoms with Crippen LogP contribution in [0.1, 0.15) is 39.2 Å². The number of nitrogens with two attached hydrogens (primary N) is 1. The highest BCUT2D eigenvalue weighted by Gasteiger charge is 2.36. The zero-order valence-corrected chi connectivity index (χ0v) is 13.8. The molecule has 2 unspecified atom stereocenters. The lowest BCUT2D eigenvalue weighted by atomic mass is 9.79. The Bertz CT molecular complexity index is 530. The van der Waals surface area contributed by atoms with Gasteiger partial charge in [-0.1, -0.05) is 32.9 Å². The summed E-state index contributed by atoms with van der Waals surface area (Å²) in [5.74, 6) is -0.0759. The maximum atomic E-state index is 13.2. The Morgan fingerprint density at radius 1 is 1.50 bits per heavy atom. The van der Waals surface area contributed by atoms with Crippen LogP contribution in [0.15, 0.2) is 24.3 Å². The Morgan fingerprint density at radius 2 is 2.23 bits per heavy atom. The lowest BCUT2D eigenvalue weighted by Crippen LogP contribution is -2.54. The molecule has 1 aromatic rings. The molecule has 1 aliphatic heterocycles. The monoisotopic (exact) mass is 306 g/mol. The number of aryl methyl sites for hydroxylation is 1. The van der Waals surface area contributed by atoms with E-state index >= 15 is 0 Å². The molecule has 0 aromatic heterocycles. The predicted octanol–water partition coefficient (Wildman–Crippen LogP) is 2.98. The summed E-state index contributed by atoms with van der Waals surface area (Å²) in [5.41, 5.74) is 7.04. The largest absolute Gasteiger partial charge is 0.342 e. The molecule has 0 spiro atoms. The minimum absolute atomic E-state index is 0.0316. The van der Waals surface area contributed by atoms with E-state index in [1.165, 1.54) is 6.07 Å². The van der Waals surface area contributed by atoms with Gasteiger partial charge in [-0.05, 0) is 42.4 Å². The van der Waals surface area contributed by atoms with Crippen molar-refractivity contribution < 1.29 is 9.18 Å². The second-order valence-corrected chi connectivity index (χ2v) is 7.21. The number of nitrogens with zero attached hydrogens (tertiary/aromatic N) is 1. The van der Waals surface area contributed by atoms with Crippen molar-refractivity contribution in [2.24, 2.45) is 17.1 Å². The molecule has 2 N–H and O–H groups in total. The van der Waals surface area contributed by atoms with Crippen LogP contribution >= 0.6 is 0 Å². The minimum atomic E-state index is -0.219. The van der Waals surface area contributed by atoms with Gasteiger partial charge in [0.25, 0.3) is 0 Å². The van der Waals surface area contributed by atoms with Crippen LogP contribution in [0, 0.1) is 17.2 Å². The van der Waals surface area contributed by atoms with Crippen LogP contribution in [0.5, 0.6) is 0 Å². The third-order valence-corrected chi connectivity index (χ3v) is 4.80. The van der Waals surface area contributed by atoms with Crippen molar-refractivity contribution in [2.75, 3.05) is 13.1 Å². The Kier molecular flexibility index (Phi) is 5.22. The fraction of sp³-hybridized carbons (Fsp3) is 0.611. The molecule has 1 fully saturated rings. The Labute approximate surface area is 132 Å². The second kappa shape index (κ2) is 6.78. The summed E-state index contributed by atoms with van der Waals surface area (Å²) in [4.78, 5) is 14.5. The summed E-state index contributed by atoms with van der Waals surface area (Å²) in [6, 6.07) is 6.76. The summed E-state index contributed by atoms with van der Waals surface area (Å²) in [7, 11) is 0. The molecule has 1 saturated heterocycles. The number of amides is 1. The third-order valence-electron chi connectivity index (χ3n) is 4.80. The lowest BCUT2D eigenvalue weighted by Gasteiger charge is -2.43. The Hall–Kier alpha value is -1.42. The SMILES string of the molecule is CC(CCc1cccc(F)c1)C(=O)N1CCC(N)C(C)(C)C1. The van der Waals surface area contributed by atoms with Crippen molar-refractivity contribution >= 4 is 5.91 Å². The molecule has 4 heteroatoms. The maximum Gasteiger partial charge on any atom is 0.225 e. The van der Waals surface area contributed by atoms with E-state index < -0.39 is 0 Å². The Morgan fingerprint density at radius 3 is 2.86 bits per heavy atom. The number of carbonyl (C=O) groups excluding carboxylic acids is 1. The predicted molar refractivity (Wildman–Crippen MR) is 86.8 cm³/mol. The highest BCUT2D eigenvalue weighted by atomic mass is 19.1. The van der Waals surface area contributed by atoms with Crippen LogP contribution in [-0.2, 0) is 11.2 Å². The van der Waals surface area contributed by atoms with Gasteiger partial charge in [-0.2, -0.15) is 0 Å². The van der Waals surface area contributed by atoms with Gasteiger partial charge in [-0.15, -0.1) is 0 Å². The molecular formula is C18H27FN2O. The van der Waals surface area contributed by atoms with Gasteiger partial charge in [-0.3, -0.25) is 4.79 Å². The number of hydrogen-bond acceptors (Lipinski definition) is 2. The molecule has 122 valence electrons. The van der Waals surface area contributed by atoms with E-state index in [1.54, 1.807) is 12.1 Å². The molecule has 2 rings (SSSR count). The zero-order valence-electron chi connectivity index (χ0n) is 13.8. The lowest BCUT2D eigenvalue weighted by molar-refractivity contribution is -0.138. The van der Waals surface area contributed by atoms with Gasteiger partial charge in [-0.25, -0.2) is 4.39 Å². The van der Waals surface area contributed by atoms with Crippen LogP contribution in [0.25, 0.3) is 0 Å². The molecule has 22 heavy (non-hydrogen) atoms. The van der Waals surface area contributed by atoms with Crippen molar-refractivity contribution in [1.82, 2.24) is 4.90 Å². The summed E-state index contributed by atoms with van der Waals surface area (Å²) in [5, 5.41) is 0. The van der Waals surface area contributed by atoms with Gasteiger partial charge >= 0.3 is 0 Å². The highest BCUT2D eigenvalue weighted by Crippen LogP contribution is 2.29. The fourth-order valence-corrected chi connectivity index (χ4v) is 3.07. The van der Waals surface area contributed by atoms with Crippen molar-refractivity contribution in [3.63, 3.8) is 0 Å². The van der Waals surface area contributed by atoms with E-state index in [0.717, 1.165) is 37.9 Å². The van der Waals surface area contributed by atoms with Crippen LogP contribution in [0.3, 0.4) is 0 Å². The van der Waals surface area contributed by atoms with Crippen molar-refractivity contribution in [3.05, 3.63) is 35.6 Å². The van der Waals surface area contributed by atoms with Gasteiger partial charge in [0.15, 0.2) is 0 Å². The van der Waals surface area contributed by atoms with Crippen LogP contribution in [0.2, 0.25) is 0 Å². The van der Waals surface area contributed by atoms with E-state index in [2.05, 4.69) is 13.8 Å². The van der Waals surface area contributed by atoms with E-state index in [4.69, 9.17) is 5.73 Å². The molecule has 0 radical (unpaired) electrons. The minimum Gasteiger partial charge on any atom is -0.342 e. The number of halogens is 1. The number of carbonyl (C=O) groups is 1. The topological polar surface area (TPSA) is 46.3 Å². The maximum absolute atomic E-state index is 13.2. The highest BCUT2D eigenvalue weighted by molar-refractivity contribution is 5.78. The molecule has 1 aliphatic rings. The first-order valence-electron chi connectivity index (χ1n) is 8.08. The average Bonchev–Trinajstić information content (AvgIpc) is 2.47. The molecule has 0 bridgehead atoms. The van der Waals surface area contributed by atoms with Crippen molar-refractivity contribution in [1.29, 1.82) is 0 Å². The molecule has 0 saturated carbocycles. The van der Waals surface area contributed by atoms with Gasteiger partial charge in [0, 0.05) is 25.0 Å². The summed E-state index contributed by atoms with van der Waals surface area (Å²) in [6.45, 7) is 7.66. The quantitative estimate of drug-likeness (QED) is 0.929. The first-order chi connectivity index (χ1) is 10.3. The molecule has 1 aromatic carbocycles. The van der Waals surface area contributed by atoms with Gasteiger partial charge in [0.1, 0.15) is 5.82 Å². The van der Waals surface area contributed by atoms with Gasteiger partial charge < -0.3 is 10.6 Å². The number of piperidine rings is 1. The third kappa shape index (κ3) is 4.07. The summed E-state index contributed by atoms with van der Waals surface area (Å²) < 4.78 is 13.2. The normalized spacial score (nSPS) is 22.4. The van der Waals surface area contributed by atoms with Gasteiger partial charge in [0.05, 0.1) is 0 Å². The smallest absolute Gasteiger partial charge is 0.225 e. The van der Waals surface area contributed by atoms with Crippen molar-refractivity contribution in [2.45, 2.75) is 46.1 Å². The fourth-order valence-electron chi connectivity index (χ4n) is 3.07. The van der Waals surface area contributed by atoms with Crippen LogP contribution < -0.4 is 5.73 Å². The first kappa shape index (κ1) is 16.9. The first-order valence-corrected chi connectivity index (χ1v) is 8.08. The standard InChI is InChI=1S/C18H27FN2O/c1-13(7-8-14-5-4-6-15(19)11-14)17(22)21-10-9-16(20)18(2,3)12-21/h4-6,11,13,16H,7-10,12,20H2,1-3H3. The summed E-state index contributed by atoms with van der Waals surface area (Å²) in [6.07, 6.45) is 2.32. The molecular weight excluding hydrogens is 279 g/mol. The van der Waals surface area contributed by atoms with E-state index in [1.807, 2.05) is 17.9 Å². The second-order valence-electron chi connectivity index (χ2n) is 7.21. The molecule has 3 nitrogen and oxygen atoms in total. The van der Waals surface area contributed by atoms with Crippen LogP contribution in [-0.4, -0.2) is 29.9 Å². The number of likely N-dealkylation sites (tertiary alicyclic amines) is 1. The number of benzene rings is 1. The van der Waals surface area contributed by atoms with E-state index in [9.17, 15) is 9.18 Å². The zero-order chi connectivity index (χ0) is 16.3. The summed E-state index contributed by atoms with van der Waals surface area (Å²) >= 11 is 0. The van der Waals surface area contributed by atoms with Crippen molar-refractivity contribution in [3.8, 4) is 0 Å². The Balaban J connectivity index is 1.89. The molecule has 1 amide bonds. The number of rotatable bonds is 4. The molecule has 2 atom stereocenters. The molecule has 1 heterocycles. The van der Waals surface area contributed by atoms with Crippen LogP contribution in [0.4, 0.5) is 4.39 Å². The van der Waals surface area contributed by atoms with E-state index in [0.29, 0.717) is 0 Å². The van der Waals surface area contributed by atoms with E-state index in [-0.39, 0.29) is 29.1 Å². The average molecular weight is 306 g/mol. The molecule has 0 aliphatic carbocycles. The van der Waals surface area contributed by atoms with Gasteiger partial charge in [0.2, 0.25) is 5.91 Å².